The lowest BCUT2D eigenvalue weighted by molar-refractivity contribution is -0.120. The Labute approximate surface area is 161 Å². The van der Waals surface area contributed by atoms with Crippen LogP contribution in [0, 0.1) is 5.82 Å². The van der Waals surface area contributed by atoms with Crippen LogP contribution in [0.15, 0.2) is 48.8 Å². The number of fused-ring (bicyclic) bond motifs is 1. The van der Waals surface area contributed by atoms with Gasteiger partial charge in [0, 0.05) is 53.8 Å². The molecular formula is C21H19FN4O2. The number of hydrogen-bond acceptors (Lipinski definition) is 4. The van der Waals surface area contributed by atoms with Crippen LogP contribution in [0.2, 0.25) is 0 Å². The summed E-state index contributed by atoms with van der Waals surface area (Å²) in [5, 5.41) is 10.0. The molecule has 0 saturated carbocycles. The second-order valence-electron chi connectivity index (χ2n) is 7.26. The minimum atomic E-state index is -0.793. The van der Waals surface area contributed by atoms with Crippen LogP contribution in [0.1, 0.15) is 12.0 Å². The molecule has 0 bridgehead atoms. The first kappa shape index (κ1) is 16.8. The monoisotopic (exact) mass is 378 g/mol. The fourth-order valence-electron chi connectivity index (χ4n) is 4.16. The number of nitrogens with zero attached hydrogens (tertiary/aromatic N) is 2. The Kier molecular flexibility index (Phi) is 3.65. The third-order valence-electron chi connectivity index (χ3n) is 5.68. The van der Waals surface area contributed by atoms with Crippen molar-refractivity contribution in [3.8, 4) is 16.9 Å². The quantitative estimate of drug-likeness (QED) is 0.733. The summed E-state index contributed by atoms with van der Waals surface area (Å²) in [5.41, 5.74) is 3.25. The smallest absolute Gasteiger partial charge is 0.253 e. The van der Waals surface area contributed by atoms with Gasteiger partial charge in [0.2, 0.25) is 0 Å². The van der Waals surface area contributed by atoms with Gasteiger partial charge in [0.25, 0.3) is 5.91 Å². The number of benzene rings is 2. The van der Waals surface area contributed by atoms with E-state index in [9.17, 15) is 9.18 Å². The molecule has 1 aromatic heterocycles. The summed E-state index contributed by atoms with van der Waals surface area (Å²) in [7, 11) is 1.50. The second-order valence-corrected chi connectivity index (χ2v) is 7.26. The van der Waals surface area contributed by atoms with Crippen LogP contribution in [0.5, 0.6) is 5.75 Å². The summed E-state index contributed by atoms with van der Waals surface area (Å²) in [6, 6.07) is 10.9. The fourth-order valence-corrected chi connectivity index (χ4v) is 4.16. The molecule has 1 saturated heterocycles. The van der Waals surface area contributed by atoms with Crippen LogP contribution < -0.4 is 15.0 Å². The van der Waals surface area contributed by atoms with Gasteiger partial charge in [-0.1, -0.05) is 12.1 Å². The molecule has 2 aromatic carbocycles. The van der Waals surface area contributed by atoms with Gasteiger partial charge in [-0.05, 0) is 24.1 Å². The average Bonchev–Trinajstić information content (AvgIpc) is 3.43. The number of rotatable bonds is 3. The minimum Gasteiger partial charge on any atom is -0.497 e. The van der Waals surface area contributed by atoms with Crippen molar-refractivity contribution in [3.63, 3.8) is 0 Å². The zero-order chi connectivity index (χ0) is 19.3. The second kappa shape index (κ2) is 6.09. The molecule has 1 amide bonds. The van der Waals surface area contributed by atoms with E-state index in [-0.39, 0.29) is 11.7 Å². The molecule has 7 heteroatoms. The number of aromatic amines is 1. The van der Waals surface area contributed by atoms with Crippen molar-refractivity contribution < 1.29 is 13.9 Å². The van der Waals surface area contributed by atoms with Crippen LogP contribution in [-0.2, 0) is 11.2 Å². The van der Waals surface area contributed by atoms with E-state index in [1.54, 1.807) is 17.2 Å². The lowest BCUT2D eigenvalue weighted by atomic mass is 9.93. The van der Waals surface area contributed by atoms with E-state index in [4.69, 9.17) is 4.74 Å². The first-order valence-electron chi connectivity index (χ1n) is 9.15. The molecule has 142 valence electrons. The Morgan fingerprint density at radius 1 is 1.21 bits per heavy atom. The first-order chi connectivity index (χ1) is 13.6. The predicted molar refractivity (Wildman–Crippen MR) is 104 cm³/mol. The molecule has 2 N–H and O–H groups in total. The van der Waals surface area contributed by atoms with Gasteiger partial charge in [-0.15, -0.1) is 0 Å². The lowest BCUT2D eigenvalue weighted by Crippen LogP contribution is -2.45. The Morgan fingerprint density at radius 3 is 2.75 bits per heavy atom. The van der Waals surface area contributed by atoms with E-state index in [0.29, 0.717) is 36.4 Å². The van der Waals surface area contributed by atoms with Crippen molar-refractivity contribution >= 4 is 17.3 Å². The van der Waals surface area contributed by atoms with E-state index < -0.39 is 5.54 Å². The minimum absolute atomic E-state index is 0.0295. The van der Waals surface area contributed by atoms with E-state index in [1.807, 2.05) is 30.5 Å². The van der Waals surface area contributed by atoms with Crippen LogP contribution in [-0.4, -0.2) is 35.3 Å². The summed E-state index contributed by atoms with van der Waals surface area (Å²) in [4.78, 5) is 15.0. The maximum atomic E-state index is 14.4. The van der Waals surface area contributed by atoms with E-state index in [0.717, 1.165) is 16.8 Å². The largest absolute Gasteiger partial charge is 0.497 e. The SMILES string of the molecule is COc1cc(F)c2c(c1)N[C@@]1(CCN(c3ccc(-c4cn[nH]c4)cc3)C1=O)C2. The highest BCUT2D eigenvalue weighted by atomic mass is 19.1. The number of amides is 1. The van der Waals surface area contributed by atoms with Crippen LogP contribution in [0.4, 0.5) is 15.8 Å². The van der Waals surface area contributed by atoms with Crippen molar-refractivity contribution in [2.24, 2.45) is 0 Å². The highest BCUT2D eigenvalue weighted by molar-refractivity contribution is 6.06. The van der Waals surface area contributed by atoms with Gasteiger partial charge in [0.1, 0.15) is 17.1 Å². The van der Waals surface area contributed by atoms with Crippen LogP contribution in [0.25, 0.3) is 11.1 Å². The Balaban J connectivity index is 1.41. The normalized spacial score (nSPS) is 20.5. The number of carbonyl (C=O) groups excluding carboxylic acids is 1. The molecule has 3 heterocycles. The number of hydrogen-bond donors (Lipinski definition) is 2. The van der Waals surface area contributed by atoms with E-state index in [2.05, 4.69) is 15.5 Å². The molecule has 1 atom stereocenters. The van der Waals surface area contributed by atoms with E-state index in [1.165, 1.54) is 13.2 Å². The van der Waals surface area contributed by atoms with Crippen molar-refractivity contribution in [3.05, 3.63) is 60.2 Å². The maximum absolute atomic E-state index is 14.4. The van der Waals surface area contributed by atoms with Crippen molar-refractivity contribution in [1.29, 1.82) is 0 Å². The summed E-state index contributed by atoms with van der Waals surface area (Å²) in [6.07, 6.45) is 4.55. The zero-order valence-corrected chi connectivity index (χ0v) is 15.3. The van der Waals surface area contributed by atoms with Crippen molar-refractivity contribution in [2.75, 3.05) is 23.9 Å². The molecule has 28 heavy (non-hydrogen) atoms. The molecule has 1 fully saturated rings. The molecule has 0 radical (unpaired) electrons. The summed E-state index contributed by atoms with van der Waals surface area (Å²) in [6.45, 7) is 0.587. The molecular weight excluding hydrogens is 359 g/mol. The molecule has 0 unspecified atom stereocenters. The average molecular weight is 378 g/mol. The maximum Gasteiger partial charge on any atom is 0.253 e. The zero-order valence-electron chi connectivity index (χ0n) is 15.3. The third kappa shape index (κ3) is 2.46. The molecule has 5 rings (SSSR count). The number of nitrogens with one attached hydrogen (secondary N) is 2. The molecule has 2 aliphatic heterocycles. The summed E-state index contributed by atoms with van der Waals surface area (Å²) < 4.78 is 19.6. The Morgan fingerprint density at radius 2 is 2.04 bits per heavy atom. The van der Waals surface area contributed by atoms with Crippen molar-refractivity contribution in [2.45, 2.75) is 18.4 Å². The number of methoxy groups -OCH3 is 1. The standard InChI is InChI=1S/C21H19FN4O2/c1-28-16-8-18(22)17-10-21(25-19(17)9-16)6-7-26(20(21)27)15-4-2-13(3-5-15)14-11-23-24-12-14/h2-5,8-9,11-12,25H,6-7,10H2,1H3,(H,23,24)/t21-/m0/s1. The van der Waals surface area contributed by atoms with Gasteiger partial charge < -0.3 is 15.0 Å². The van der Waals surface area contributed by atoms with Gasteiger partial charge in [0.15, 0.2) is 0 Å². The highest BCUT2D eigenvalue weighted by Gasteiger charge is 2.51. The van der Waals surface area contributed by atoms with Gasteiger partial charge >= 0.3 is 0 Å². The molecule has 3 aromatic rings. The third-order valence-corrected chi connectivity index (χ3v) is 5.68. The number of anilines is 2. The summed E-state index contributed by atoms with van der Waals surface area (Å²) >= 11 is 0. The molecule has 0 aliphatic carbocycles. The Hall–Kier alpha value is -3.35. The Bertz CT molecular complexity index is 1050. The fraction of sp³-hybridized carbons (Fsp3) is 0.238. The number of carbonyl (C=O) groups is 1. The highest BCUT2D eigenvalue weighted by Crippen LogP contribution is 2.43. The van der Waals surface area contributed by atoms with Crippen LogP contribution in [0.3, 0.4) is 0 Å². The van der Waals surface area contributed by atoms with E-state index >= 15 is 0 Å². The van der Waals surface area contributed by atoms with Crippen molar-refractivity contribution in [1.82, 2.24) is 10.2 Å². The molecule has 2 aliphatic rings. The van der Waals surface area contributed by atoms with Gasteiger partial charge in [-0.25, -0.2) is 4.39 Å². The number of aromatic nitrogens is 2. The predicted octanol–water partition coefficient (Wildman–Crippen LogP) is 3.37. The first-order valence-corrected chi connectivity index (χ1v) is 9.15. The number of ether oxygens (including phenoxy) is 1. The number of halogens is 1. The van der Waals surface area contributed by atoms with Gasteiger partial charge in [-0.2, -0.15) is 5.10 Å². The summed E-state index contributed by atoms with van der Waals surface area (Å²) in [5.74, 6) is 0.0745. The number of H-pyrrole nitrogens is 1. The van der Waals surface area contributed by atoms with Gasteiger partial charge in [-0.3, -0.25) is 9.89 Å². The van der Waals surface area contributed by atoms with Crippen LogP contribution >= 0.6 is 0 Å². The molecule has 6 nitrogen and oxygen atoms in total. The topological polar surface area (TPSA) is 70.2 Å². The van der Waals surface area contributed by atoms with Gasteiger partial charge in [0.05, 0.1) is 13.3 Å². The molecule has 1 spiro atoms. The lowest BCUT2D eigenvalue weighted by Gasteiger charge is -2.24.